The number of rotatable bonds is 3. The molecule has 2 rings (SSSR count). The average molecular weight is 372 g/mol. The van der Waals surface area contributed by atoms with Crippen LogP contribution in [0.1, 0.15) is 15.9 Å². The molecule has 0 saturated heterocycles. The number of nitrogens with one attached hydrogen (secondary N) is 1. The molecule has 1 aromatic heterocycles. The van der Waals surface area contributed by atoms with Crippen LogP contribution in [-0.4, -0.2) is 60.8 Å². The molecule has 1 amide bonds. The number of quaternary nitrogens is 1. The van der Waals surface area contributed by atoms with Gasteiger partial charge in [-0.05, 0) is 24.1 Å². The molecule has 0 bridgehead atoms. The van der Waals surface area contributed by atoms with Crippen molar-refractivity contribution >= 4 is 22.8 Å². The minimum absolute atomic E-state index is 0.330. The number of pyridine rings is 1. The van der Waals surface area contributed by atoms with E-state index in [1.54, 1.807) is 18.2 Å². The smallest absolute Gasteiger partial charge is 0.325 e. The molecule has 0 aliphatic rings. The van der Waals surface area contributed by atoms with Gasteiger partial charge in [0.2, 0.25) is 0 Å². The van der Waals surface area contributed by atoms with Crippen LogP contribution in [0.2, 0.25) is 0 Å². The summed E-state index contributed by atoms with van der Waals surface area (Å²) in [5.41, 5.74) is 0.00115. The van der Waals surface area contributed by atoms with Crippen molar-refractivity contribution < 1.29 is 23.9 Å². The molecule has 8 heteroatoms. The molecule has 2 N–H and O–H groups in total. The van der Waals surface area contributed by atoms with Gasteiger partial charge in [0, 0.05) is 18.0 Å². The van der Waals surface area contributed by atoms with Gasteiger partial charge in [0.1, 0.15) is 23.9 Å². The largest absolute Gasteiger partial charge is 0.506 e. The summed E-state index contributed by atoms with van der Waals surface area (Å²) in [5.74, 6) is 1.05. The van der Waals surface area contributed by atoms with Gasteiger partial charge in [0.05, 0.1) is 33.8 Å². The summed E-state index contributed by atoms with van der Waals surface area (Å²) in [4.78, 5) is 36.0. The van der Waals surface area contributed by atoms with Gasteiger partial charge in [-0.15, -0.1) is 0 Å². The minimum atomic E-state index is -0.852. The van der Waals surface area contributed by atoms with E-state index in [1.807, 2.05) is 21.1 Å². The summed E-state index contributed by atoms with van der Waals surface area (Å²) >= 11 is 0. The fraction of sp³-hybridized carbons (Fsp3) is 0.316. The molecule has 142 valence electrons. The first-order chi connectivity index (χ1) is 12.5. The highest BCUT2D eigenvalue weighted by atomic mass is 16.5. The Bertz CT molecular complexity index is 1040. The third-order valence-corrected chi connectivity index (χ3v) is 3.75. The number of aromatic nitrogens is 1. The van der Waals surface area contributed by atoms with E-state index < -0.39 is 35.3 Å². The molecule has 0 fully saturated rings. The third-order valence-electron chi connectivity index (χ3n) is 3.75. The van der Waals surface area contributed by atoms with E-state index in [-0.39, 0.29) is 0 Å². The Morgan fingerprint density at radius 1 is 1.30 bits per heavy atom. The van der Waals surface area contributed by atoms with Crippen LogP contribution in [0.4, 0.5) is 0 Å². The van der Waals surface area contributed by atoms with E-state index in [0.29, 0.717) is 20.9 Å². The number of ether oxygens (including phenoxy) is 1. The summed E-state index contributed by atoms with van der Waals surface area (Å²) in [6.07, 6.45) is 0. The zero-order valence-corrected chi connectivity index (χ0v) is 15.9. The fourth-order valence-corrected chi connectivity index (χ4v) is 2.35. The predicted octanol–water partition coefficient (Wildman–Crippen LogP) is 0.162. The van der Waals surface area contributed by atoms with Crippen LogP contribution in [0.5, 0.6) is 5.75 Å². The van der Waals surface area contributed by atoms with Crippen molar-refractivity contribution in [3.63, 3.8) is 0 Å². The number of aryl methyl sites for hydroxylation is 1. The summed E-state index contributed by atoms with van der Waals surface area (Å²) in [5, 5.41) is 13.1. The molecule has 0 spiro atoms. The van der Waals surface area contributed by atoms with Gasteiger partial charge in [-0.2, -0.15) is 0 Å². The van der Waals surface area contributed by atoms with Gasteiger partial charge in [0.25, 0.3) is 11.5 Å². The summed E-state index contributed by atoms with van der Waals surface area (Å²) in [6, 6.07) is 8.02. The molecule has 0 aliphatic heterocycles. The SMILES string of the molecule is COC(=O)CNC(=O)c1c(O)c2ccc(C#C[N+](C)(C)C)cc2n(C)c1=O. The normalized spacial score (nSPS) is 10.9. The van der Waals surface area contributed by atoms with Crippen LogP contribution >= 0.6 is 0 Å². The number of amides is 1. The highest BCUT2D eigenvalue weighted by molar-refractivity contribution is 6.03. The van der Waals surface area contributed by atoms with E-state index in [2.05, 4.69) is 22.0 Å². The standard InChI is InChI=1S/C19H21N3O5/c1-21-14-10-12(8-9-22(2,3)4)6-7-13(14)17(24)16(19(21)26)18(25)20-11-15(23)27-5/h6-7,10H,11H2,1-5H3,(H-,20,24,25,26)/p+1. The Morgan fingerprint density at radius 3 is 2.56 bits per heavy atom. The van der Waals surface area contributed by atoms with Crippen molar-refractivity contribution in [2.24, 2.45) is 7.05 Å². The Morgan fingerprint density at radius 2 is 1.96 bits per heavy atom. The number of esters is 1. The Kier molecular flexibility index (Phi) is 5.57. The molecule has 0 saturated carbocycles. The monoisotopic (exact) mass is 372 g/mol. The lowest BCUT2D eigenvalue weighted by Gasteiger charge is -2.13. The maximum absolute atomic E-state index is 12.6. The molecule has 0 atom stereocenters. The van der Waals surface area contributed by atoms with E-state index in [1.165, 1.54) is 18.7 Å². The second-order valence-corrected chi connectivity index (χ2v) is 6.83. The number of nitrogens with zero attached hydrogens (tertiary/aromatic N) is 2. The van der Waals surface area contributed by atoms with Gasteiger partial charge >= 0.3 is 5.97 Å². The van der Waals surface area contributed by atoms with Crippen molar-refractivity contribution in [3.05, 3.63) is 39.7 Å². The summed E-state index contributed by atoms with van der Waals surface area (Å²) < 4.78 is 6.15. The Balaban J connectivity index is 2.55. The van der Waals surface area contributed by atoms with Crippen molar-refractivity contribution in [1.82, 2.24) is 9.88 Å². The quantitative estimate of drug-likeness (QED) is 0.455. The number of carbonyl (C=O) groups excluding carboxylic acids is 2. The summed E-state index contributed by atoms with van der Waals surface area (Å²) in [7, 11) is 8.46. The van der Waals surface area contributed by atoms with Crippen molar-refractivity contribution in [2.75, 3.05) is 34.8 Å². The first kappa shape index (κ1) is 20.0. The number of benzene rings is 1. The lowest BCUT2D eigenvalue weighted by molar-refractivity contribution is -0.800. The van der Waals surface area contributed by atoms with Gasteiger partial charge in [-0.3, -0.25) is 18.9 Å². The Hall–Kier alpha value is -3.31. The average Bonchev–Trinajstić information content (AvgIpc) is 2.61. The number of aromatic hydroxyl groups is 1. The van der Waals surface area contributed by atoms with Gasteiger partial charge in [-0.25, -0.2) is 0 Å². The molecule has 2 aromatic rings. The Labute approximate surface area is 156 Å². The van der Waals surface area contributed by atoms with Crippen LogP contribution in [0.25, 0.3) is 10.9 Å². The van der Waals surface area contributed by atoms with Gasteiger partial charge in [0.15, 0.2) is 0 Å². The minimum Gasteiger partial charge on any atom is -0.506 e. The fourth-order valence-electron chi connectivity index (χ4n) is 2.35. The molecule has 27 heavy (non-hydrogen) atoms. The molecule has 8 nitrogen and oxygen atoms in total. The second-order valence-electron chi connectivity index (χ2n) is 6.83. The molecule has 0 unspecified atom stereocenters. The van der Waals surface area contributed by atoms with Gasteiger partial charge in [-0.1, -0.05) is 0 Å². The zero-order valence-electron chi connectivity index (χ0n) is 15.9. The number of carbonyl (C=O) groups is 2. The number of methoxy groups -OCH3 is 1. The zero-order chi connectivity index (χ0) is 20.4. The van der Waals surface area contributed by atoms with Crippen LogP contribution < -0.4 is 10.9 Å². The van der Waals surface area contributed by atoms with E-state index in [9.17, 15) is 19.5 Å². The van der Waals surface area contributed by atoms with Crippen molar-refractivity contribution in [2.45, 2.75) is 0 Å². The summed E-state index contributed by atoms with van der Waals surface area (Å²) in [6.45, 7) is -0.407. The topological polar surface area (TPSA) is 97.6 Å². The molecule has 1 heterocycles. The maximum Gasteiger partial charge on any atom is 0.325 e. The van der Waals surface area contributed by atoms with Crippen LogP contribution in [0, 0.1) is 12.0 Å². The molecular formula is C19H22N3O5+. The van der Waals surface area contributed by atoms with Crippen LogP contribution in [0.3, 0.4) is 0 Å². The molecule has 0 radical (unpaired) electrons. The van der Waals surface area contributed by atoms with Crippen LogP contribution in [0.15, 0.2) is 23.0 Å². The van der Waals surface area contributed by atoms with E-state index in [4.69, 9.17) is 0 Å². The highest BCUT2D eigenvalue weighted by Crippen LogP contribution is 2.26. The first-order valence-corrected chi connectivity index (χ1v) is 8.10. The number of hydrogen-bond donors (Lipinski definition) is 2. The first-order valence-electron chi connectivity index (χ1n) is 8.10. The lowest BCUT2D eigenvalue weighted by atomic mass is 10.1. The highest BCUT2D eigenvalue weighted by Gasteiger charge is 2.21. The lowest BCUT2D eigenvalue weighted by Crippen LogP contribution is -2.35. The van der Waals surface area contributed by atoms with Gasteiger partial charge < -0.3 is 19.7 Å². The third kappa shape index (κ3) is 4.46. The maximum atomic E-state index is 12.6. The molecule has 0 aliphatic carbocycles. The molecular weight excluding hydrogens is 350 g/mol. The second kappa shape index (κ2) is 7.51. The van der Waals surface area contributed by atoms with Crippen molar-refractivity contribution in [3.8, 4) is 17.7 Å². The number of fused-ring (bicyclic) bond motifs is 1. The van der Waals surface area contributed by atoms with Crippen LogP contribution in [-0.2, 0) is 16.6 Å². The molecule has 1 aromatic carbocycles. The van der Waals surface area contributed by atoms with Crippen molar-refractivity contribution in [1.29, 1.82) is 0 Å². The van der Waals surface area contributed by atoms with E-state index in [0.717, 1.165) is 0 Å². The number of hydrogen-bond acceptors (Lipinski definition) is 5. The van der Waals surface area contributed by atoms with E-state index >= 15 is 0 Å². The predicted molar refractivity (Wildman–Crippen MR) is 100 cm³/mol.